The molecule has 0 aliphatic rings. The summed E-state index contributed by atoms with van der Waals surface area (Å²) < 4.78 is 10.9. The molecule has 6 heteroatoms. The molecule has 0 radical (unpaired) electrons. The Morgan fingerprint density at radius 3 is 2.46 bits per heavy atom. The highest BCUT2D eigenvalue weighted by molar-refractivity contribution is 6.31. The fourth-order valence-electron chi connectivity index (χ4n) is 3.04. The molecule has 4 aromatic rings. The molecule has 2 aromatic heterocycles. The predicted octanol–water partition coefficient (Wildman–Crippen LogP) is 5.01. The van der Waals surface area contributed by atoms with Crippen LogP contribution in [-0.4, -0.2) is 18.0 Å². The number of carbonyl (C=O) groups excluding carboxylic acids is 1. The molecule has 0 aliphatic carbocycles. The van der Waals surface area contributed by atoms with Crippen LogP contribution >= 0.6 is 11.6 Å². The van der Waals surface area contributed by atoms with Crippen molar-refractivity contribution in [2.45, 2.75) is 6.04 Å². The van der Waals surface area contributed by atoms with Crippen molar-refractivity contribution in [2.24, 2.45) is 0 Å². The van der Waals surface area contributed by atoms with E-state index in [1.165, 1.54) is 0 Å². The van der Waals surface area contributed by atoms with Gasteiger partial charge in [0.1, 0.15) is 11.3 Å². The third-order valence-electron chi connectivity index (χ3n) is 4.47. The number of ether oxygens (including phenoxy) is 1. The van der Waals surface area contributed by atoms with Gasteiger partial charge in [0.05, 0.1) is 13.2 Å². The normalized spacial score (nSPS) is 11.9. The van der Waals surface area contributed by atoms with E-state index in [-0.39, 0.29) is 17.7 Å². The first kappa shape index (κ1) is 18.1. The fourth-order valence-corrected chi connectivity index (χ4v) is 3.22. The molecule has 0 saturated heterocycles. The number of hydrogen-bond donors (Lipinski definition) is 1. The van der Waals surface area contributed by atoms with E-state index in [0.717, 1.165) is 22.3 Å². The number of pyridine rings is 1. The lowest BCUT2D eigenvalue weighted by molar-refractivity contribution is 0.0917. The number of carbonyl (C=O) groups is 1. The lowest BCUT2D eigenvalue weighted by atomic mass is 9.99. The van der Waals surface area contributed by atoms with Crippen LogP contribution in [0.1, 0.15) is 27.7 Å². The van der Waals surface area contributed by atoms with E-state index in [1.807, 2.05) is 36.4 Å². The number of nitrogens with zero attached hydrogens (tertiary/aromatic N) is 1. The zero-order valence-electron chi connectivity index (χ0n) is 15.1. The van der Waals surface area contributed by atoms with Crippen LogP contribution in [0, 0.1) is 0 Å². The Labute approximate surface area is 166 Å². The van der Waals surface area contributed by atoms with Gasteiger partial charge in [-0.3, -0.25) is 9.78 Å². The van der Waals surface area contributed by atoms with E-state index in [9.17, 15) is 4.79 Å². The van der Waals surface area contributed by atoms with E-state index >= 15 is 0 Å². The molecule has 0 unspecified atom stereocenters. The number of nitrogens with one attached hydrogen (secondary N) is 1. The number of hydrogen-bond acceptors (Lipinski definition) is 4. The molecular weight excluding hydrogens is 376 g/mol. The first-order valence-corrected chi connectivity index (χ1v) is 9.05. The Bertz CT molecular complexity index is 1110. The molecule has 5 nitrogen and oxygen atoms in total. The van der Waals surface area contributed by atoms with E-state index in [1.54, 1.807) is 43.8 Å². The van der Waals surface area contributed by atoms with Crippen molar-refractivity contribution in [3.63, 3.8) is 0 Å². The first-order valence-electron chi connectivity index (χ1n) is 8.68. The van der Waals surface area contributed by atoms with Crippen LogP contribution < -0.4 is 10.1 Å². The zero-order valence-corrected chi connectivity index (χ0v) is 15.8. The summed E-state index contributed by atoms with van der Waals surface area (Å²) in [4.78, 5) is 17.0. The first-order chi connectivity index (χ1) is 13.6. The lowest BCUT2D eigenvalue weighted by Gasteiger charge is -2.19. The van der Waals surface area contributed by atoms with Gasteiger partial charge in [0.25, 0.3) is 5.91 Å². The molecule has 1 N–H and O–H groups in total. The van der Waals surface area contributed by atoms with Crippen molar-refractivity contribution >= 4 is 28.5 Å². The number of amides is 1. The molecule has 0 spiro atoms. The topological polar surface area (TPSA) is 64.4 Å². The second-order valence-corrected chi connectivity index (χ2v) is 6.69. The number of halogens is 1. The number of aromatic nitrogens is 1. The largest absolute Gasteiger partial charge is 0.497 e. The zero-order chi connectivity index (χ0) is 19.5. The minimum Gasteiger partial charge on any atom is -0.497 e. The number of rotatable bonds is 5. The van der Waals surface area contributed by atoms with E-state index in [2.05, 4.69) is 10.3 Å². The maximum absolute atomic E-state index is 12.9. The maximum atomic E-state index is 12.9. The monoisotopic (exact) mass is 392 g/mol. The highest BCUT2D eigenvalue weighted by Crippen LogP contribution is 2.26. The lowest BCUT2D eigenvalue weighted by Crippen LogP contribution is -2.29. The average molecular weight is 393 g/mol. The van der Waals surface area contributed by atoms with Crippen LogP contribution in [0.4, 0.5) is 0 Å². The summed E-state index contributed by atoms with van der Waals surface area (Å²) in [5, 5.41) is 4.42. The van der Waals surface area contributed by atoms with Crippen LogP contribution in [-0.2, 0) is 0 Å². The number of fused-ring (bicyclic) bond motifs is 1. The molecule has 0 saturated carbocycles. The molecule has 0 aliphatic heterocycles. The summed E-state index contributed by atoms with van der Waals surface area (Å²) in [6, 6.07) is 17.9. The van der Waals surface area contributed by atoms with Gasteiger partial charge in [-0.1, -0.05) is 23.7 Å². The van der Waals surface area contributed by atoms with Gasteiger partial charge in [-0.2, -0.15) is 0 Å². The second kappa shape index (κ2) is 7.74. The Hall–Kier alpha value is -3.31. The van der Waals surface area contributed by atoms with Gasteiger partial charge in [0, 0.05) is 22.8 Å². The molecule has 1 atom stereocenters. The molecular formula is C22H17ClN2O3. The SMILES string of the molecule is COc1ccc([C@@H](NC(=O)c2cc3cc(Cl)ccc3o2)c2ccncc2)cc1. The summed E-state index contributed by atoms with van der Waals surface area (Å²) in [6.07, 6.45) is 3.39. The van der Waals surface area contributed by atoms with Gasteiger partial charge in [-0.25, -0.2) is 0 Å². The van der Waals surface area contributed by atoms with Gasteiger partial charge in [0.15, 0.2) is 5.76 Å². The van der Waals surface area contributed by atoms with Crippen LogP contribution in [0.25, 0.3) is 11.0 Å². The minimum absolute atomic E-state index is 0.227. The summed E-state index contributed by atoms with van der Waals surface area (Å²) in [5.74, 6) is 0.660. The third-order valence-corrected chi connectivity index (χ3v) is 4.70. The maximum Gasteiger partial charge on any atom is 0.287 e. The van der Waals surface area contributed by atoms with Crippen molar-refractivity contribution in [1.82, 2.24) is 10.3 Å². The molecule has 28 heavy (non-hydrogen) atoms. The highest BCUT2D eigenvalue weighted by atomic mass is 35.5. The molecule has 1 amide bonds. The smallest absolute Gasteiger partial charge is 0.287 e. The molecule has 2 aromatic carbocycles. The molecule has 0 bridgehead atoms. The van der Waals surface area contributed by atoms with Crippen LogP contribution in [0.5, 0.6) is 5.75 Å². The summed E-state index contributed by atoms with van der Waals surface area (Å²) in [5.41, 5.74) is 2.44. The average Bonchev–Trinajstić information content (AvgIpc) is 3.16. The number of furan rings is 1. The van der Waals surface area contributed by atoms with Crippen molar-refractivity contribution in [2.75, 3.05) is 7.11 Å². The molecule has 2 heterocycles. The third kappa shape index (κ3) is 3.70. The van der Waals surface area contributed by atoms with E-state index in [0.29, 0.717) is 10.6 Å². The Morgan fingerprint density at radius 1 is 1.04 bits per heavy atom. The van der Waals surface area contributed by atoms with Crippen molar-refractivity contribution in [3.8, 4) is 5.75 Å². The Balaban J connectivity index is 1.66. The van der Waals surface area contributed by atoms with Gasteiger partial charge >= 0.3 is 0 Å². The van der Waals surface area contributed by atoms with Gasteiger partial charge in [-0.05, 0) is 59.7 Å². The number of methoxy groups -OCH3 is 1. The Morgan fingerprint density at radius 2 is 1.75 bits per heavy atom. The van der Waals surface area contributed by atoms with Gasteiger partial charge < -0.3 is 14.5 Å². The van der Waals surface area contributed by atoms with Gasteiger partial charge in [0.2, 0.25) is 0 Å². The quantitative estimate of drug-likeness (QED) is 0.518. The molecule has 4 rings (SSSR count). The molecule has 0 fully saturated rings. The van der Waals surface area contributed by atoms with Gasteiger partial charge in [-0.15, -0.1) is 0 Å². The van der Waals surface area contributed by atoms with Crippen LogP contribution in [0.3, 0.4) is 0 Å². The van der Waals surface area contributed by atoms with E-state index in [4.69, 9.17) is 20.8 Å². The van der Waals surface area contributed by atoms with Crippen LogP contribution in [0.15, 0.2) is 77.5 Å². The summed E-state index contributed by atoms with van der Waals surface area (Å²) in [7, 11) is 1.62. The van der Waals surface area contributed by atoms with E-state index < -0.39 is 0 Å². The fraction of sp³-hybridized carbons (Fsp3) is 0.0909. The predicted molar refractivity (Wildman–Crippen MR) is 108 cm³/mol. The summed E-state index contributed by atoms with van der Waals surface area (Å²) in [6.45, 7) is 0. The Kier molecular flexibility index (Phi) is 5.00. The standard InChI is InChI=1S/C22H17ClN2O3/c1-27-18-5-2-14(3-6-18)21(15-8-10-24-11-9-15)25-22(26)20-13-16-12-17(23)4-7-19(16)28-20/h2-13,21H,1H3,(H,25,26)/t21-/m1/s1. The highest BCUT2D eigenvalue weighted by Gasteiger charge is 2.20. The molecule has 140 valence electrons. The van der Waals surface area contributed by atoms with Crippen LogP contribution in [0.2, 0.25) is 5.02 Å². The second-order valence-electron chi connectivity index (χ2n) is 6.25. The van der Waals surface area contributed by atoms with Crippen molar-refractivity contribution in [3.05, 3.63) is 95.0 Å². The minimum atomic E-state index is -0.363. The van der Waals surface area contributed by atoms with Crippen molar-refractivity contribution < 1.29 is 13.9 Å². The number of benzene rings is 2. The summed E-state index contributed by atoms with van der Waals surface area (Å²) >= 11 is 6.02. The van der Waals surface area contributed by atoms with Crippen molar-refractivity contribution in [1.29, 1.82) is 0 Å².